The Balaban J connectivity index is 2.01. The van der Waals surface area contributed by atoms with Gasteiger partial charge in [-0.2, -0.15) is 10.4 Å². The van der Waals surface area contributed by atoms with E-state index in [9.17, 15) is 0 Å². The van der Waals surface area contributed by atoms with Crippen molar-refractivity contribution in [2.45, 2.75) is 0 Å². The summed E-state index contributed by atoms with van der Waals surface area (Å²) in [5.74, 6) is 0. The van der Waals surface area contributed by atoms with Gasteiger partial charge in [0.2, 0.25) is 0 Å². The second-order valence-electron chi connectivity index (χ2n) is 4.16. The van der Waals surface area contributed by atoms with E-state index in [4.69, 9.17) is 16.9 Å². The van der Waals surface area contributed by atoms with Crippen molar-refractivity contribution < 1.29 is 0 Å². The highest BCUT2D eigenvalue weighted by molar-refractivity contribution is 6.30. The van der Waals surface area contributed by atoms with Crippen molar-refractivity contribution in [3.05, 3.63) is 64.6 Å². The van der Waals surface area contributed by atoms with Crippen molar-refractivity contribution in [3.63, 3.8) is 0 Å². The topological polar surface area (TPSA) is 54.0 Å². The van der Waals surface area contributed by atoms with Gasteiger partial charge in [0.25, 0.3) is 0 Å². The maximum absolute atomic E-state index is 8.98. The first kappa shape index (κ1) is 12.4. The van der Waals surface area contributed by atoms with Gasteiger partial charge >= 0.3 is 0 Å². The van der Waals surface area contributed by atoms with Crippen molar-refractivity contribution in [3.8, 4) is 6.07 Å². The van der Waals surface area contributed by atoms with Crippen LogP contribution in [0.25, 0.3) is 17.8 Å². The first-order valence-corrected chi connectivity index (χ1v) is 6.32. The minimum atomic E-state index is 0.465. The largest absolute Gasteiger partial charge is 0.236 e. The van der Waals surface area contributed by atoms with Gasteiger partial charge in [-0.1, -0.05) is 29.8 Å². The van der Waals surface area contributed by atoms with Gasteiger partial charge in [0, 0.05) is 11.2 Å². The van der Waals surface area contributed by atoms with E-state index in [1.54, 1.807) is 10.7 Å². The van der Waals surface area contributed by atoms with Crippen molar-refractivity contribution in [2.75, 3.05) is 0 Å². The molecule has 0 aliphatic carbocycles. The number of nitriles is 1. The van der Waals surface area contributed by atoms with E-state index in [1.165, 1.54) is 6.20 Å². The monoisotopic (exact) mass is 280 g/mol. The Morgan fingerprint density at radius 1 is 1.15 bits per heavy atom. The third-order valence-corrected chi connectivity index (χ3v) is 3.12. The van der Waals surface area contributed by atoms with Gasteiger partial charge in [-0.15, -0.1) is 0 Å². The second kappa shape index (κ2) is 5.16. The van der Waals surface area contributed by atoms with Crippen LogP contribution in [-0.2, 0) is 0 Å². The second-order valence-corrected chi connectivity index (χ2v) is 4.60. The molecule has 0 spiro atoms. The first-order chi connectivity index (χ1) is 9.78. The highest BCUT2D eigenvalue weighted by Gasteiger charge is 2.05. The Morgan fingerprint density at radius 2 is 1.95 bits per heavy atom. The summed E-state index contributed by atoms with van der Waals surface area (Å²) in [5, 5.41) is 13.9. The Bertz CT molecular complexity index is 825. The molecular formula is C15H9ClN4. The Labute approximate surface area is 120 Å². The summed E-state index contributed by atoms with van der Waals surface area (Å²) < 4.78 is 1.64. The fourth-order valence-electron chi connectivity index (χ4n) is 1.87. The van der Waals surface area contributed by atoms with Gasteiger partial charge in [-0.05, 0) is 29.8 Å². The lowest BCUT2D eigenvalue weighted by Gasteiger charge is -1.99. The summed E-state index contributed by atoms with van der Waals surface area (Å²) >= 11 is 5.85. The van der Waals surface area contributed by atoms with Gasteiger partial charge < -0.3 is 0 Å². The molecule has 20 heavy (non-hydrogen) atoms. The summed E-state index contributed by atoms with van der Waals surface area (Å²) in [6, 6.07) is 11.5. The molecule has 3 aromatic rings. The van der Waals surface area contributed by atoms with Crippen LogP contribution in [-0.4, -0.2) is 14.6 Å². The summed E-state index contributed by atoms with van der Waals surface area (Å²) in [6.45, 7) is 0. The number of rotatable bonds is 2. The molecule has 0 bridgehead atoms. The van der Waals surface area contributed by atoms with E-state index < -0.39 is 0 Å². The zero-order valence-electron chi connectivity index (χ0n) is 10.4. The average molecular weight is 281 g/mol. The van der Waals surface area contributed by atoms with Crippen molar-refractivity contribution in [1.82, 2.24) is 14.6 Å². The molecule has 0 unspecified atom stereocenters. The molecule has 0 saturated heterocycles. The fourth-order valence-corrected chi connectivity index (χ4v) is 2.00. The molecule has 3 rings (SSSR count). The lowest BCUT2D eigenvalue weighted by molar-refractivity contribution is 0.927. The third kappa shape index (κ3) is 2.27. The van der Waals surface area contributed by atoms with Gasteiger partial charge in [0.15, 0.2) is 5.65 Å². The van der Waals surface area contributed by atoms with Crippen LogP contribution in [0.15, 0.2) is 42.7 Å². The van der Waals surface area contributed by atoms with Crippen LogP contribution < -0.4 is 0 Å². The Morgan fingerprint density at radius 3 is 2.70 bits per heavy atom. The zero-order valence-corrected chi connectivity index (χ0v) is 11.1. The van der Waals surface area contributed by atoms with E-state index in [1.807, 2.05) is 42.5 Å². The molecule has 96 valence electrons. The molecule has 0 N–H and O–H groups in total. The van der Waals surface area contributed by atoms with Crippen molar-refractivity contribution in [1.29, 1.82) is 5.26 Å². The van der Waals surface area contributed by atoms with E-state index in [0.29, 0.717) is 16.2 Å². The first-order valence-electron chi connectivity index (χ1n) is 5.94. The molecule has 5 heteroatoms. The smallest absolute Gasteiger partial charge is 0.173 e. The molecule has 0 saturated carbocycles. The number of fused-ring (bicyclic) bond motifs is 1. The molecule has 2 aromatic heterocycles. The summed E-state index contributed by atoms with van der Waals surface area (Å²) in [6.07, 6.45) is 7.06. The molecule has 2 heterocycles. The average Bonchev–Trinajstić information content (AvgIpc) is 2.90. The van der Waals surface area contributed by atoms with Crippen LogP contribution in [0.3, 0.4) is 0 Å². The molecule has 1 aromatic carbocycles. The van der Waals surface area contributed by atoms with E-state index in [-0.39, 0.29) is 0 Å². The minimum absolute atomic E-state index is 0.465. The van der Waals surface area contributed by atoms with Crippen LogP contribution in [0.4, 0.5) is 0 Å². The molecule has 0 atom stereocenters. The third-order valence-electron chi connectivity index (χ3n) is 2.87. The minimum Gasteiger partial charge on any atom is -0.236 e. The highest BCUT2D eigenvalue weighted by Crippen LogP contribution is 2.14. The van der Waals surface area contributed by atoms with Crippen LogP contribution >= 0.6 is 11.6 Å². The number of benzene rings is 1. The zero-order chi connectivity index (χ0) is 13.9. The van der Waals surface area contributed by atoms with Gasteiger partial charge in [-0.25, -0.2) is 9.50 Å². The molecule has 0 aliphatic rings. The normalized spacial score (nSPS) is 11.0. The van der Waals surface area contributed by atoms with E-state index in [0.717, 1.165) is 11.3 Å². The molecule has 0 aliphatic heterocycles. The molecular weight excluding hydrogens is 272 g/mol. The number of hydrogen-bond donors (Lipinski definition) is 0. The van der Waals surface area contributed by atoms with Crippen LogP contribution in [0.1, 0.15) is 16.8 Å². The number of nitrogens with zero attached hydrogens (tertiary/aromatic N) is 4. The van der Waals surface area contributed by atoms with Gasteiger partial charge in [-0.3, -0.25) is 0 Å². The SMILES string of the molecule is N#Cc1cnn2c(/C=C\c3ccc(Cl)cc3)ccnc12. The highest BCUT2D eigenvalue weighted by atomic mass is 35.5. The van der Waals surface area contributed by atoms with E-state index >= 15 is 0 Å². The number of aromatic nitrogens is 3. The fraction of sp³-hybridized carbons (Fsp3) is 0. The maximum atomic E-state index is 8.98. The quantitative estimate of drug-likeness (QED) is 0.723. The molecule has 4 nitrogen and oxygen atoms in total. The predicted molar refractivity (Wildman–Crippen MR) is 78.1 cm³/mol. The Hall–Kier alpha value is -2.64. The lowest BCUT2D eigenvalue weighted by atomic mass is 10.2. The van der Waals surface area contributed by atoms with Crippen LogP contribution in [0.5, 0.6) is 0 Å². The molecule has 0 radical (unpaired) electrons. The van der Waals surface area contributed by atoms with Crippen LogP contribution in [0, 0.1) is 11.3 Å². The molecule has 0 fully saturated rings. The van der Waals surface area contributed by atoms with Crippen molar-refractivity contribution >= 4 is 29.4 Å². The standard InChI is InChI=1S/C15H9ClN4/c16-13-4-1-11(2-5-13)3-6-14-7-8-18-15-12(9-17)10-19-20(14)15/h1-8,10H/b6-3-. The lowest BCUT2D eigenvalue weighted by Crippen LogP contribution is -1.94. The Kier molecular flexibility index (Phi) is 3.20. The predicted octanol–water partition coefficient (Wildman–Crippen LogP) is 3.42. The van der Waals surface area contributed by atoms with Gasteiger partial charge in [0.1, 0.15) is 11.6 Å². The summed E-state index contributed by atoms with van der Waals surface area (Å²) in [4.78, 5) is 4.17. The summed E-state index contributed by atoms with van der Waals surface area (Å²) in [7, 11) is 0. The van der Waals surface area contributed by atoms with Gasteiger partial charge in [0.05, 0.1) is 11.9 Å². The maximum Gasteiger partial charge on any atom is 0.173 e. The molecule has 0 amide bonds. The summed E-state index contributed by atoms with van der Waals surface area (Å²) in [5.41, 5.74) is 2.91. The number of hydrogen-bond acceptors (Lipinski definition) is 3. The number of halogens is 1. The van der Waals surface area contributed by atoms with Crippen molar-refractivity contribution in [2.24, 2.45) is 0 Å². The van der Waals surface area contributed by atoms with Crippen LogP contribution in [0.2, 0.25) is 5.02 Å². The van der Waals surface area contributed by atoms with E-state index in [2.05, 4.69) is 16.2 Å².